The smallest absolute Gasteiger partial charge is 0.289 e. The van der Waals surface area contributed by atoms with E-state index in [1.165, 1.54) is 23.5 Å². The molecule has 2 rings (SSSR count). The maximum Gasteiger partial charge on any atom is 0.289 e. The highest BCUT2D eigenvalue weighted by Gasteiger charge is 2.16. The van der Waals surface area contributed by atoms with Gasteiger partial charge in [0.05, 0.1) is 19.6 Å². The summed E-state index contributed by atoms with van der Waals surface area (Å²) in [6.07, 6.45) is 0. The molecule has 2 aromatic rings. The van der Waals surface area contributed by atoms with Crippen LogP contribution < -0.4 is 5.32 Å². The van der Waals surface area contributed by atoms with Gasteiger partial charge in [-0.2, -0.15) is 0 Å². The van der Waals surface area contributed by atoms with Crippen LogP contribution in [-0.4, -0.2) is 4.92 Å². The molecule has 1 aromatic heterocycles. The van der Waals surface area contributed by atoms with Gasteiger partial charge in [0.25, 0.3) is 5.69 Å². The van der Waals surface area contributed by atoms with E-state index in [1.807, 2.05) is 6.92 Å². The van der Waals surface area contributed by atoms with Crippen LogP contribution in [0.3, 0.4) is 0 Å². The fourth-order valence-corrected chi connectivity index (χ4v) is 3.55. The first-order valence-corrected chi connectivity index (χ1v) is 7.48. The van der Waals surface area contributed by atoms with Crippen LogP contribution in [-0.2, 0) is 0 Å². The van der Waals surface area contributed by atoms with Gasteiger partial charge in [-0.25, -0.2) is 0 Å². The number of benzene rings is 1. The summed E-state index contributed by atoms with van der Waals surface area (Å²) >= 11 is 19.0. The van der Waals surface area contributed by atoms with Gasteiger partial charge in [-0.3, -0.25) is 10.1 Å². The molecular weight excluding hydrogens is 343 g/mol. The zero-order valence-corrected chi connectivity index (χ0v) is 13.3. The molecule has 0 fully saturated rings. The molecule has 0 aliphatic heterocycles. The van der Waals surface area contributed by atoms with Gasteiger partial charge in [0, 0.05) is 17.3 Å². The van der Waals surface area contributed by atoms with Crippen molar-refractivity contribution in [3.8, 4) is 0 Å². The number of thiophene rings is 1. The molecule has 1 unspecified atom stereocenters. The number of nitrogens with one attached hydrogen (secondary N) is 1. The largest absolute Gasteiger partial charge is 0.378 e. The Morgan fingerprint density at radius 1 is 1.30 bits per heavy atom. The van der Waals surface area contributed by atoms with Crippen molar-refractivity contribution in [1.82, 2.24) is 0 Å². The topological polar surface area (TPSA) is 55.2 Å². The highest BCUT2D eigenvalue weighted by atomic mass is 35.5. The van der Waals surface area contributed by atoms with E-state index < -0.39 is 4.92 Å². The molecule has 0 aliphatic rings. The number of hydrogen-bond donors (Lipinski definition) is 1. The number of anilines is 1. The van der Waals surface area contributed by atoms with Crippen molar-refractivity contribution < 1.29 is 4.92 Å². The minimum Gasteiger partial charge on any atom is -0.378 e. The second-order valence-corrected chi connectivity index (χ2v) is 6.76. The minimum absolute atomic E-state index is 0.102. The number of halogens is 3. The van der Waals surface area contributed by atoms with Gasteiger partial charge in [-0.05, 0) is 25.1 Å². The molecule has 0 amide bonds. The fourth-order valence-electron chi connectivity index (χ4n) is 1.72. The molecule has 4 nitrogen and oxygen atoms in total. The van der Waals surface area contributed by atoms with Crippen LogP contribution in [0.15, 0.2) is 24.3 Å². The Balaban J connectivity index is 2.24. The first kappa shape index (κ1) is 15.4. The zero-order valence-electron chi connectivity index (χ0n) is 10.2. The molecule has 0 spiro atoms. The Bertz CT molecular complexity index is 660. The molecule has 20 heavy (non-hydrogen) atoms. The van der Waals surface area contributed by atoms with Crippen LogP contribution in [0.2, 0.25) is 13.7 Å². The number of nitro benzene ring substituents is 1. The highest BCUT2D eigenvalue weighted by molar-refractivity contribution is 7.20. The van der Waals surface area contributed by atoms with E-state index in [4.69, 9.17) is 34.8 Å². The van der Waals surface area contributed by atoms with E-state index >= 15 is 0 Å². The summed E-state index contributed by atoms with van der Waals surface area (Å²) in [5.41, 5.74) is 1.30. The average Bonchev–Trinajstić information content (AvgIpc) is 2.70. The molecule has 8 heteroatoms. The summed E-state index contributed by atoms with van der Waals surface area (Å²) in [5, 5.41) is 14.1. The Morgan fingerprint density at radius 3 is 2.55 bits per heavy atom. The molecule has 1 N–H and O–H groups in total. The van der Waals surface area contributed by atoms with Gasteiger partial charge in [0.15, 0.2) is 0 Å². The zero-order chi connectivity index (χ0) is 14.9. The van der Waals surface area contributed by atoms with Crippen molar-refractivity contribution >= 4 is 57.5 Å². The van der Waals surface area contributed by atoms with Crippen molar-refractivity contribution in [1.29, 1.82) is 0 Å². The van der Waals surface area contributed by atoms with Gasteiger partial charge in [0.2, 0.25) is 0 Å². The van der Waals surface area contributed by atoms with E-state index in [9.17, 15) is 10.1 Å². The van der Waals surface area contributed by atoms with Gasteiger partial charge < -0.3 is 5.32 Å². The van der Waals surface area contributed by atoms with Crippen LogP contribution in [0.4, 0.5) is 11.4 Å². The quantitative estimate of drug-likeness (QED) is 0.560. The fraction of sp³-hybridized carbons (Fsp3) is 0.167. The Kier molecular flexibility index (Phi) is 4.75. The normalized spacial score (nSPS) is 12.2. The molecule has 1 aromatic carbocycles. The van der Waals surface area contributed by atoms with E-state index in [0.29, 0.717) is 14.4 Å². The molecule has 0 bridgehead atoms. The standard InChI is InChI=1S/C12H9Cl3N2O2S/c1-6(8-5-11(14)20-12(8)15)16-7-2-3-9(13)10(4-7)17(18)19/h2-6,16H,1H3. The second kappa shape index (κ2) is 6.18. The van der Waals surface area contributed by atoms with E-state index in [0.717, 1.165) is 5.56 Å². The second-order valence-electron chi connectivity index (χ2n) is 4.07. The molecule has 1 atom stereocenters. The molecular formula is C12H9Cl3N2O2S. The molecule has 0 aliphatic carbocycles. The number of hydrogen-bond acceptors (Lipinski definition) is 4. The minimum atomic E-state index is -0.521. The van der Waals surface area contributed by atoms with Crippen molar-refractivity contribution in [3.05, 3.63) is 53.6 Å². The molecule has 1 heterocycles. The predicted molar refractivity (Wildman–Crippen MR) is 84.5 cm³/mol. The summed E-state index contributed by atoms with van der Waals surface area (Å²) in [6, 6.07) is 6.19. The van der Waals surface area contributed by atoms with Crippen molar-refractivity contribution in [3.63, 3.8) is 0 Å². The monoisotopic (exact) mass is 350 g/mol. The Hall–Kier alpha value is -1.01. The lowest BCUT2D eigenvalue weighted by molar-refractivity contribution is -0.384. The SMILES string of the molecule is CC(Nc1ccc(Cl)c([N+](=O)[O-])c1)c1cc(Cl)sc1Cl. The third-order valence-corrected chi connectivity index (χ3v) is 4.51. The van der Waals surface area contributed by atoms with Crippen LogP contribution in [0.25, 0.3) is 0 Å². The number of rotatable bonds is 4. The van der Waals surface area contributed by atoms with E-state index in [1.54, 1.807) is 12.1 Å². The number of nitrogens with zero attached hydrogens (tertiary/aromatic N) is 1. The summed E-state index contributed by atoms with van der Waals surface area (Å²) in [5.74, 6) is 0. The maximum atomic E-state index is 10.8. The maximum absolute atomic E-state index is 10.8. The lowest BCUT2D eigenvalue weighted by atomic mass is 10.1. The van der Waals surface area contributed by atoms with E-state index in [2.05, 4.69) is 5.32 Å². The van der Waals surface area contributed by atoms with E-state index in [-0.39, 0.29) is 16.8 Å². The predicted octanol–water partition coefficient (Wildman–Crippen LogP) is 5.79. The summed E-state index contributed by atoms with van der Waals surface area (Å²) in [7, 11) is 0. The third kappa shape index (κ3) is 3.35. The Labute approximate surface area is 134 Å². The molecule has 0 radical (unpaired) electrons. The highest BCUT2D eigenvalue weighted by Crippen LogP contribution is 2.36. The van der Waals surface area contributed by atoms with Crippen molar-refractivity contribution in [2.24, 2.45) is 0 Å². The van der Waals surface area contributed by atoms with Gasteiger partial charge >= 0.3 is 0 Å². The van der Waals surface area contributed by atoms with Gasteiger partial charge in [-0.15, -0.1) is 11.3 Å². The van der Waals surface area contributed by atoms with Crippen LogP contribution >= 0.6 is 46.1 Å². The first-order valence-electron chi connectivity index (χ1n) is 5.53. The van der Waals surface area contributed by atoms with Gasteiger partial charge in [-0.1, -0.05) is 34.8 Å². The summed E-state index contributed by atoms with van der Waals surface area (Å²) in [4.78, 5) is 10.3. The van der Waals surface area contributed by atoms with Gasteiger partial charge in [0.1, 0.15) is 5.02 Å². The van der Waals surface area contributed by atoms with Crippen LogP contribution in [0.1, 0.15) is 18.5 Å². The van der Waals surface area contributed by atoms with Crippen LogP contribution in [0.5, 0.6) is 0 Å². The molecule has 0 saturated heterocycles. The lowest BCUT2D eigenvalue weighted by Crippen LogP contribution is -2.06. The molecule has 106 valence electrons. The summed E-state index contributed by atoms with van der Waals surface area (Å²) in [6.45, 7) is 1.89. The number of nitro groups is 1. The average molecular weight is 352 g/mol. The van der Waals surface area contributed by atoms with Crippen molar-refractivity contribution in [2.45, 2.75) is 13.0 Å². The lowest BCUT2D eigenvalue weighted by Gasteiger charge is -2.14. The van der Waals surface area contributed by atoms with Crippen molar-refractivity contribution in [2.75, 3.05) is 5.32 Å². The Morgan fingerprint density at radius 2 is 2.00 bits per heavy atom. The summed E-state index contributed by atoms with van der Waals surface area (Å²) < 4.78 is 1.19. The first-order chi connectivity index (χ1) is 9.38. The third-order valence-electron chi connectivity index (χ3n) is 2.68. The van der Waals surface area contributed by atoms with Crippen LogP contribution in [0, 0.1) is 10.1 Å². The molecule has 0 saturated carbocycles.